The summed E-state index contributed by atoms with van der Waals surface area (Å²) in [6, 6.07) is 7.82. The second-order valence-corrected chi connectivity index (χ2v) is 4.71. The number of nitrogen functional groups attached to an aromatic ring is 1. The molecule has 0 aliphatic heterocycles. The van der Waals surface area contributed by atoms with E-state index in [1.807, 2.05) is 18.4 Å². The summed E-state index contributed by atoms with van der Waals surface area (Å²) in [5, 5.41) is 0. The minimum absolute atomic E-state index is 0.0499. The van der Waals surface area contributed by atoms with Crippen molar-refractivity contribution < 1.29 is 17.9 Å². The number of hydrogen-bond donors (Lipinski definition) is 1. The average molecular weight is 300 g/mol. The predicted molar refractivity (Wildman–Crippen MR) is 71.9 cm³/mol. The summed E-state index contributed by atoms with van der Waals surface area (Å²) in [5.74, 6) is 0.389. The van der Waals surface area contributed by atoms with Gasteiger partial charge in [-0.3, -0.25) is 0 Å². The summed E-state index contributed by atoms with van der Waals surface area (Å²) < 4.78 is 43.3. The van der Waals surface area contributed by atoms with E-state index < -0.39 is 11.9 Å². The molecule has 0 saturated heterocycles. The molecule has 1 aromatic heterocycles. The molecule has 2 N–H and O–H groups in total. The molecule has 0 bridgehead atoms. The Labute approximate surface area is 118 Å². The number of benzene rings is 1. The summed E-state index contributed by atoms with van der Waals surface area (Å²) >= 11 is 1.43. The SMILES string of the molecule is CSc1ccccc1Oc1cc(C(F)(F)F)ncc1N. The van der Waals surface area contributed by atoms with Crippen LogP contribution in [0.15, 0.2) is 41.4 Å². The number of halogens is 3. The van der Waals surface area contributed by atoms with E-state index in [0.29, 0.717) is 5.75 Å². The minimum Gasteiger partial charge on any atom is -0.454 e. The van der Waals surface area contributed by atoms with Gasteiger partial charge >= 0.3 is 6.18 Å². The normalized spacial score (nSPS) is 11.4. The molecule has 0 aliphatic carbocycles. The molecular weight excluding hydrogens is 289 g/mol. The quantitative estimate of drug-likeness (QED) is 0.863. The number of rotatable bonds is 3. The smallest absolute Gasteiger partial charge is 0.433 e. The van der Waals surface area contributed by atoms with E-state index in [2.05, 4.69) is 4.98 Å². The van der Waals surface area contributed by atoms with Gasteiger partial charge in [0, 0.05) is 11.0 Å². The Bertz CT molecular complexity index is 617. The molecule has 2 rings (SSSR count). The fourth-order valence-corrected chi connectivity index (χ4v) is 2.04. The number of ether oxygens (including phenoxy) is 1. The van der Waals surface area contributed by atoms with E-state index >= 15 is 0 Å². The van der Waals surface area contributed by atoms with Crippen LogP contribution in [-0.2, 0) is 6.18 Å². The van der Waals surface area contributed by atoms with E-state index in [-0.39, 0.29) is 11.4 Å². The highest BCUT2D eigenvalue weighted by Crippen LogP contribution is 2.36. The Morgan fingerprint density at radius 1 is 1.20 bits per heavy atom. The van der Waals surface area contributed by atoms with Crippen LogP contribution < -0.4 is 10.5 Å². The lowest BCUT2D eigenvalue weighted by Crippen LogP contribution is -2.08. The van der Waals surface area contributed by atoms with Crippen molar-refractivity contribution in [2.24, 2.45) is 0 Å². The highest BCUT2D eigenvalue weighted by atomic mass is 32.2. The van der Waals surface area contributed by atoms with Gasteiger partial charge in [0.15, 0.2) is 5.75 Å². The molecule has 1 heterocycles. The van der Waals surface area contributed by atoms with Gasteiger partial charge in [0.25, 0.3) is 0 Å². The zero-order valence-electron chi connectivity index (χ0n) is 10.4. The molecule has 0 unspecified atom stereocenters. The second kappa shape index (κ2) is 5.62. The summed E-state index contributed by atoms with van der Waals surface area (Å²) in [7, 11) is 0. The molecule has 3 nitrogen and oxygen atoms in total. The van der Waals surface area contributed by atoms with Crippen molar-refractivity contribution in [3.63, 3.8) is 0 Å². The molecule has 7 heteroatoms. The lowest BCUT2D eigenvalue weighted by molar-refractivity contribution is -0.141. The standard InChI is InChI=1S/C13H11F3N2OS/c1-20-11-5-3-2-4-9(11)19-10-6-12(13(14,15)16)18-7-8(10)17/h2-7H,17H2,1H3. The van der Waals surface area contributed by atoms with Crippen LogP contribution in [0.5, 0.6) is 11.5 Å². The molecular formula is C13H11F3N2OS. The Morgan fingerprint density at radius 3 is 2.55 bits per heavy atom. The second-order valence-electron chi connectivity index (χ2n) is 3.86. The zero-order valence-corrected chi connectivity index (χ0v) is 11.3. The lowest BCUT2D eigenvalue weighted by Gasteiger charge is -2.13. The number of pyridine rings is 1. The molecule has 0 fully saturated rings. The fourth-order valence-electron chi connectivity index (χ4n) is 1.51. The van der Waals surface area contributed by atoms with E-state index in [1.54, 1.807) is 12.1 Å². The molecule has 0 aliphatic rings. The first kappa shape index (κ1) is 14.5. The number of aromatic nitrogens is 1. The number of thioether (sulfide) groups is 1. The van der Waals surface area contributed by atoms with E-state index in [1.165, 1.54) is 11.8 Å². The monoisotopic (exact) mass is 300 g/mol. The van der Waals surface area contributed by atoms with Crippen molar-refractivity contribution in [1.29, 1.82) is 0 Å². The molecule has 1 aromatic carbocycles. The van der Waals surface area contributed by atoms with Crippen molar-refractivity contribution in [2.45, 2.75) is 11.1 Å². The van der Waals surface area contributed by atoms with Crippen LogP contribution in [0.1, 0.15) is 5.69 Å². The van der Waals surface area contributed by atoms with E-state index in [0.717, 1.165) is 17.2 Å². The van der Waals surface area contributed by atoms with Crippen LogP contribution >= 0.6 is 11.8 Å². The zero-order chi connectivity index (χ0) is 14.8. The maximum atomic E-state index is 12.6. The summed E-state index contributed by atoms with van der Waals surface area (Å²) in [6.45, 7) is 0. The number of nitrogens with two attached hydrogens (primary N) is 1. The molecule has 0 amide bonds. The molecule has 2 aromatic rings. The first-order valence-electron chi connectivity index (χ1n) is 5.55. The molecule has 106 valence electrons. The van der Waals surface area contributed by atoms with Crippen molar-refractivity contribution >= 4 is 17.4 Å². The molecule has 0 radical (unpaired) electrons. The third kappa shape index (κ3) is 3.16. The summed E-state index contributed by atoms with van der Waals surface area (Å²) in [6.07, 6.45) is -1.75. The Morgan fingerprint density at radius 2 is 1.90 bits per heavy atom. The van der Waals surface area contributed by atoms with Crippen molar-refractivity contribution in [3.05, 3.63) is 42.2 Å². The third-order valence-corrected chi connectivity index (χ3v) is 3.25. The molecule has 0 spiro atoms. The van der Waals surface area contributed by atoms with Gasteiger partial charge in [0.05, 0.1) is 11.9 Å². The van der Waals surface area contributed by atoms with Crippen molar-refractivity contribution in [3.8, 4) is 11.5 Å². The van der Waals surface area contributed by atoms with Gasteiger partial charge in [-0.15, -0.1) is 11.8 Å². The third-order valence-electron chi connectivity index (χ3n) is 2.47. The van der Waals surface area contributed by atoms with Gasteiger partial charge < -0.3 is 10.5 Å². The number of alkyl halides is 3. The van der Waals surface area contributed by atoms with Crippen molar-refractivity contribution in [2.75, 3.05) is 12.0 Å². The fraction of sp³-hybridized carbons (Fsp3) is 0.154. The van der Waals surface area contributed by atoms with Crippen LogP contribution in [-0.4, -0.2) is 11.2 Å². The van der Waals surface area contributed by atoms with Crippen LogP contribution in [0.3, 0.4) is 0 Å². The number of anilines is 1. The van der Waals surface area contributed by atoms with Crippen LogP contribution in [0.25, 0.3) is 0 Å². The topological polar surface area (TPSA) is 48.1 Å². The first-order valence-corrected chi connectivity index (χ1v) is 6.78. The maximum absolute atomic E-state index is 12.6. The van der Waals surface area contributed by atoms with Gasteiger partial charge in [0.1, 0.15) is 11.4 Å². The van der Waals surface area contributed by atoms with Gasteiger partial charge in [-0.1, -0.05) is 12.1 Å². The van der Waals surface area contributed by atoms with Gasteiger partial charge in [-0.05, 0) is 18.4 Å². The Balaban J connectivity index is 2.38. The maximum Gasteiger partial charge on any atom is 0.433 e. The number of nitrogens with zero attached hydrogens (tertiary/aromatic N) is 1. The predicted octanol–water partition coefficient (Wildman–Crippen LogP) is 4.20. The minimum atomic E-state index is -4.54. The molecule has 20 heavy (non-hydrogen) atoms. The number of hydrogen-bond acceptors (Lipinski definition) is 4. The van der Waals surface area contributed by atoms with Crippen LogP contribution in [0.4, 0.5) is 18.9 Å². The van der Waals surface area contributed by atoms with E-state index in [9.17, 15) is 13.2 Å². The highest BCUT2D eigenvalue weighted by Gasteiger charge is 2.33. The highest BCUT2D eigenvalue weighted by molar-refractivity contribution is 7.98. The van der Waals surface area contributed by atoms with E-state index in [4.69, 9.17) is 10.5 Å². The van der Waals surface area contributed by atoms with Crippen LogP contribution in [0, 0.1) is 0 Å². The Hall–Kier alpha value is -1.89. The Kier molecular flexibility index (Phi) is 4.08. The lowest BCUT2D eigenvalue weighted by atomic mass is 10.3. The summed E-state index contributed by atoms with van der Waals surface area (Å²) in [4.78, 5) is 4.06. The average Bonchev–Trinajstić information content (AvgIpc) is 2.40. The van der Waals surface area contributed by atoms with Gasteiger partial charge in [0.2, 0.25) is 0 Å². The van der Waals surface area contributed by atoms with Crippen molar-refractivity contribution in [1.82, 2.24) is 4.98 Å². The van der Waals surface area contributed by atoms with Gasteiger partial charge in [-0.2, -0.15) is 13.2 Å². The van der Waals surface area contributed by atoms with Crippen LogP contribution in [0.2, 0.25) is 0 Å². The first-order chi connectivity index (χ1) is 9.41. The number of para-hydroxylation sites is 1. The van der Waals surface area contributed by atoms with Gasteiger partial charge in [-0.25, -0.2) is 4.98 Å². The largest absolute Gasteiger partial charge is 0.454 e. The summed E-state index contributed by atoms with van der Waals surface area (Å²) in [5.41, 5.74) is 4.62. The molecule has 0 atom stereocenters. The molecule has 0 saturated carbocycles.